The summed E-state index contributed by atoms with van der Waals surface area (Å²) in [5.74, 6) is 0.837. The summed E-state index contributed by atoms with van der Waals surface area (Å²) in [6.07, 6.45) is 1.82. The number of hydrogen-bond donors (Lipinski definition) is 2. The average Bonchev–Trinajstić information content (AvgIpc) is 3.11. The molecule has 2 aromatic rings. The van der Waals surface area contributed by atoms with Gasteiger partial charge in [0.25, 0.3) is 10.0 Å². The van der Waals surface area contributed by atoms with Crippen LogP contribution in [0.15, 0.2) is 35.5 Å². The van der Waals surface area contributed by atoms with Gasteiger partial charge >= 0.3 is 0 Å². The first-order chi connectivity index (χ1) is 10.5. The van der Waals surface area contributed by atoms with Crippen molar-refractivity contribution in [1.29, 1.82) is 0 Å². The number of sulfonamides is 1. The van der Waals surface area contributed by atoms with Gasteiger partial charge in [-0.1, -0.05) is 23.4 Å². The van der Waals surface area contributed by atoms with E-state index in [9.17, 15) is 8.42 Å². The summed E-state index contributed by atoms with van der Waals surface area (Å²) in [6.45, 7) is 0.648. The topological polar surface area (TPSA) is 77.6 Å². The van der Waals surface area contributed by atoms with Crippen molar-refractivity contribution >= 4 is 55.1 Å². The van der Waals surface area contributed by atoms with Crippen molar-refractivity contribution < 1.29 is 8.42 Å². The van der Waals surface area contributed by atoms with E-state index in [0.29, 0.717) is 12.2 Å². The Morgan fingerprint density at radius 3 is 3.14 bits per heavy atom. The predicted octanol–water partition coefficient (Wildman–Crippen LogP) is 2.22. The van der Waals surface area contributed by atoms with Crippen LogP contribution in [0.5, 0.6) is 0 Å². The summed E-state index contributed by atoms with van der Waals surface area (Å²) >= 11 is 7.68. The highest BCUT2D eigenvalue weighted by Crippen LogP contribution is 2.34. The number of benzene rings is 1. The number of thioether (sulfide) groups is 1. The van der Waals surface area contributed by atoms with E-state index in [0.717, 1.165) is 21.8 Å². The molecule has 0 amide bonds. The van der Waals surface area contributed by atoms with Gasteiger partial charge in [-0.05, 0) is 24.3 Å². The minimum absolute atomic E-state index is 0.524. The summed E-state index contributed by atoms with van der Waals surface area (Å²) < 4.78 is 28.0. The first kappa shape index (κ1) is 14.2. The SMILES string of the molecule is O=S(=O)(Nc1ccc2[nH]ccc2c1)C1C(Cl)N=C2SCCN21. The number of aromatic amines is 1. The van der Waals surface area contributed by atoms with Gasteiger partial charge in [0.2, 0.25) is 0 Å². The maximum atomic E-state index is 12.7. The van der Waals surface area contributed by atoms with Gasteiger partial charge in [0.05, 0.1) is 0 Å². The number of nitrogens with zero attached hydrogens (tertiary/aromatic N) is 2. The first-order valence-electron chi connectivity index (χ1n) is 6.75. The number of nitrogens with one attached hydrogen (secondary N) is 2. The van der Waals surface area contributed by atoms with Crippen LogP contribution >= 0.6 is 23.4 Å². The Hall–Kier alpha value is -1.38. The monoisotopic (exact) mass is 356 g/mol. The first-order valence-corrected chi connectivity index (χ1v) is 9.71. The molecule has 2 aliphatic rings. The summed E-state index contributed by atoms with van der Waals surface area (Å²) in [7, 11) is -3.66. The number of aromatic nitrogens is 1. The number of aliphatic imine (C=N–C) groups is 1. The Morgan fingerprint density at radius 1 is 1.41 bits per heavy atom. The van der Waals surface area contributed by atoms with Crippen LogP contribution in [0, 0.1) is 0 Å². The van der Waals surface area contributed by atoms with Crippen LogP contribution in [0.1, 0.15) is 0 Å². The zero-order chi connectivity index (χ0) is 15.3. The van der Waals surface area contributed by atoms with E-state index in [1.54, 1.807) is 28.8 Å². The maximum Gasteiger partial charge on any atom is 0.257 e. The van der Waals surface area contributed by atoms with Crippen LogP contribution < -0.4 is 4.72 Å². The molecule has 1 aromatic heterocycles. The highest BCUT2D eigenvalue weighted by molar-refractivity contribution is 8.14. The quantitative estimate of drug-likeness (QED) is 0.653. The van der Waals surface area contributed by atoms with E-state index in [2.05, 4.69) is 14.7 Å². The minimum Gasteiger partial charge on any atom is -0.361 e. The highest BCUT2D eigenvalue weighted by atomic mass is 35.5. The second kappa shape index (κ2) is 5.07. The molecule has 1 aromatic carbocycles. The number of hydrogen-bond acceptors (Lipinski definition) is 5. The number of H-pyrrole nitrogens is 1. The lowest BCUT2D eigenvalue weighted by Gasteiger charge is -2.24. The molecule has 2 atom stereocenters. The van der Waals surface area contributed by atoms with Crippen molar-refractivity contribution in [3.8, 4) is 0 Å². The lowest BCUT2D eigenvalue weighted by Crippen LogP contribution is -2.44. The smallest absolute Gasteiger partial charge is 0.257 e. The van der Waals surface area contributed by atoms with Gasteiger partial charge < -0.3 is 9.88 Å². The van der Waals surface area contributed by atoms with Crippen LogP contribution in [-0.2, 0) is 10.0 Å². The number of halogens is 1. The Morgan fingerprint density at radius 2 is 2.27 bits per heavy atom. The molecule has 0 radical (unpaired) electrons. The van der Waals surface area contributed by atoms with Crippen molar-refractivity contribution in [1.82, 2.24) is 9.88 Å². The number of rotatable bonds is 3. The fourth-order valence-electron chi connectivity index (χ4n) is 2.74. The van der Waals surface area contributed by atoms with E-state index in [1.807, 2.05) is 18.3 Å². The van der Waals surface area contributed by atoms with Crippen molar-refractivity contribution in [3.63, 3.8) is 0 Å². The summed E-state index contributed by atoms with van der Waals surface area (Å²) in [5.41, 5.74) is 0.702. The molecule has 4 rings (SSSR count). The molecule has 6 nitrogen and oxygen atoms in total. The number of anilines is 1. The molecule has 0 bridgehead atoms. The third-order valence-corrected chi connectivity index (χ3v) is 6.86. The van der Waals surface area contributed by atoms with Crippen molar-refractivity contribution in [2.45, 2.75) is 10.9 Å². The van der Waals surface area contributed by atoms with Gasteiger partial charge in [-0.25, -0.2) is 13.4 Å². The third-order valence-electron chi connectivity index (χ3n) is 3.72. The fourth-order valence-corrected chi connectivity index (χ4v) is 6.00. The van der Waals surface area contributed by atoms with Gasteiger partial charge in [-0.15, -0.1) is 0 Å². The Bertz CT molecular complexity index is 864. The standard InChI is InChI=1S/C13H13ClN4O2S2/c14-11-12(18-5-6-21-13(18)16-11)22(19,20)17-9-1-2-10-8(7-9)3-4-15-10/h1-4,7,11-12,15,17H,5-6H2. The fraction of sp³-hybridized carbons (Fsp3) is 0.308. The van der Waals surface area contributed by atoms with Gasteiger partial charge in [0.1, 0.15) is 0 Å². The van der Waals surface area contributed by atoms with Gasteiger partial charge in [0.15, 0.2) is 16.0 Å². The number of amidine groups is 1. The van der Waals surface area contributed by atoms with Crippen LogP contribution in [0.25, 0.3) is 10.9 Å². The molecule has 1 fully saturated rings. The second-order valence-corrected chi connectivity index (χ2v) is 8.43. The van der Waals surface area contributed by atoms with Gasteiger partial charge in [0, 0.05) is 35.1 Å². The zero-order valence-corrected chi connectivity index (χ0v) is 13.7. The number of alkyl halides is 1. The molecule has 22 heavy (non-hydrogen) atoms. The normalized spacial score (nSPS) is 24.6. The average molecular weight is 357 g/mol. The van der Waals surface area contributed by atoms with E-state index in [1.165, 1.54) is 0 Å². The maximum absolute atomic E-state index is 12.7. The predicted molar refractivity (Wildman–Crippen MR) is 90.9 cm³/mol. The van der Waals surface area contributed by atoms with Crippen LogP contribution in [-0.4, -0.2) is 46.6 Å². The molecule has 0 aliphatic carbocycles. The molecule has 9 heteroatoms. The molecule has 2 aliphatic heterocycles. The molecule has 1 saturated heterocycles. The molecule has 3 heterocycles. The van der Waals surface area contributed by atoms with Crippen LogP contribution in [0.2, 0.25) is 0 Å². The Kier molecular flexibility index (Phi) is 3.28. The van der Waals surface area contributed by atoms with E-state index < -0.39 is 20.9 Å². The van der Waals surface area contributed by atoms with Gasteiger partial charge in [-0.3, -0.25) is 4.72 Å². The number of fused-ring (bicyclic) bond motifs is 2. The van der Waals surface area contributed by atoms with E-state index in [4.69, 9.17) is 11.6 Å². The summed E-state index contributed by atoms with van der Waals surface area (Å²) in [5, 5.41) is 0.806. The van der Waals surface area contributed by atoms with E-state index in [-0.39, 0.29) is 0 Å². The Balaban J connectivity index is 1.63. The lowest BCUT2D eigenvalue weighted by atomic mass is 10.2. The molecular weight excluding hydrogens is 344 g/mol. The minimum atomic E-state index is -3.66. The van der Waals surface area contributed by atoms with E-state index >= 15 is 0 Å². The summed E-state index contributed by atoms with van der Waals surface area (Å²) in [6, 6.07) is 7.26. The van der Waals surface area contributed by atoms with Crippen molar-refractivity contribution in [2.75, 3.05) is 17.0 Å². The summed E-state index contributed by atoms with van der Waals surface area (Å²) in [4.78, 5) is 9.07. The van der Waals surface area contributed by atoms with Crippen molar-refractivity contribution in [2.24, 2.45) is 4.99 Å². The molecular formula is C13H13ClN4O2S2. The molecule has 2 N–H and O–H groups in total. The molecule has 0 saturated carbocycles. The molecule has 2 unspecified atom stereocenters. The van der Waals surface area contributed by atoms with Crippen molar-refractivity contribution in [3.05, 3.63) is 30.5 Å². The third kappa shape index (κ3) is 2.26. The Labute approximate surface area is 137 Å². The van der Waals surface area contributed by atoms with Crippen LogP contribution in [0.4, 0.5) is 5.69 Å². The largest absolute Gasteiger partial charge is 0.361 e. The molecule has 116 valence electrons. The lowest BCUT2D eigenvalue weighted by molar-refractivity contribution is 0.431. The van der Waals surface area contributed by atoms with Gasteiger partial charge in [-0.2, -0.15) is 0 Å². The second-order valence-electron chi connectivity index (χ2n) is 5.14. The zero-order valence-electron chi connectivity index (χ0n) is 11.4. The van der Waals surface area contributed by atoms with Crippen LogP contribution in [0.3, 0.4) is 0 Å². The highest BCUT2D eigenvalue weighted by Gasteiger charge is 2.46. The molecule has 0 spiro atoms.